The van der Waals surface area contributed by atoms with Crippen LogP contribution in [0.4, 0.5) is 0 Å². The first kappa shape index (κ1) is 24.3. The van der Waals surface area contributed by atoms with Crippen molar-refractivity contribution < 1.29 is 23.1 Å². The molecule has 1 atom stereocenters. The number of hydrogen-bond acceptors (Lipinski definition) is 5. The summed E-state index contributed by atoms with van der Waals surface area (Å²) >= 11 is 0. The van der Waals surface area contributed by atoms with Crippen LogP contribution in [-0.4, -0.2) is 43.7 Å². The molecular weight excluding hydrogens is 404 g/mol. The molecule has 1 aromatic rings. The lowest BCUT2D eigenvalue weighted by Crippen LogP contribution is -2.31. The third-order valence-electron chi connectivity index (χ3n) is 5.62. The maximum Gasteiger partial charge on any atom is 0.322 e. The maximum absolute atomic E-state index is 12.5. The summed E-state index contributed by atoms with van der Waals surface area (Å²) in [7, 11) is -3.49. The van der Waals surface area contributed by atoms with E-state index in [1.165, 1.54) is 32.1 Å². The zero-order valence-corrected chi connectivity index (χ0v) is 18.5. The van der Waals surface area contributed by atoms with E-state index in [-0.39, 0.29) is 17.9 Å². The van der Waals surface area contributed by atoms with Crippen LogP contribution < -0.4 is 10.6 Å². The SMILES string of the molecule is CC(CC1CCCCC1)NCc1ccccc1CS(=O)(=O)CCC(=O)NCC(=O)O. The number of carboxylic acids is 1. The molecule has 1 aromatic carbocycles. The molecule has 168 valence electrons. The lowest BCUT2D eigenvalue weighted by atomic mass is 9.85. The predicted octanol–water partition coefficient (Wildman–Crippen LogP) is 2.64. The minimum Gasteiger partial charge on any atom is -0.480 e. The van der Waals surface area contributed by atoms with Crippen molar-refractivity contribution in [1.82, 2.24) is 10.6 Å². The second kappa shape index (κ2) is 12.1. The molecule has 0 heterocycles. The number of carboxylic acid groups (broad SMARTS) is 1. The van der Waals surface area contributed by atoms with Crippen LogP contribution in [0.15, 0.2) is 24.3 Å². The highest BCUT2D eigenvalue weighted by molar-refractivity contribution is 7.90. The first-order chi connectivity index (χ1) is 14.2. The summed E-state index contributed by atoms with van der Waals surface area (Å²) in [5.41, 5.74) is 1.69. The first-order valence-corrected chi connectivity index (χ1v) is 12.6. The van der Waals surface area contributed by atoms with E-state index in [0.717, 1.165) is 23.5 Å². The fourth-order valence-corrected chi connectivity index (χ4v) is 5.38. The van der Waals surface area contributed by atoms with Crippen LogP contribution in [-0.2, 0) is 31.7 Å². The largest absolute Gasteiger partial charge is 0.480 e. The molecule has 1 fully saturated rings. The number of amides is 1. The Kier molecular flexibility index (Phi) is 9.78. The smallest absolute Gasteiger partial charge is 0.322 e. The van der Waals surface area contributed by atoms with Gasteiger partial charge in [-0.1, -0.05) is 56.4 Å². The molecule has 2 rings (SSSR count). The van der Waals surface area contributed by atoms with Gasteiger partial charge < -0.3 is 15.7 Å². The molecule has 1 saturated carbocycles. The van der Waals surface area contributed by atoms with Gasteiger partial charge in [0.1, 0.15) is 6.54 Å². The second-order valence-electron chi connectivity index (χ2n) is 8.30. The van der Waals surface area contributed by atoms with Gasteiger partial charge in [0.2, 0.25) is 5.91 Å². The fraction of sp³-hybridized carbons (Fsp3) is 0.636. The normalized spacial score (nSPS) is 16.2. The van der Waals surface area contributed by atoms with Crippen molar-refractivity contribution in [3.63, 3.8) is 0 Å². The zero-order chi connectivity index (χ0) is 22.0. The number of hydrogen-bond donors (Lipinski definition) is 3. The number of carbonyl (C=O) groups excluding carboxylic acids is 1. The molecule has 7 nitrogen and oxygen atoms in total. The molecule has 0 bridgehead atoms. The van der Waals surface area contributed by atoms with E-state index >= 15 is 0 Å². The molecule has 0 aromatic heterocycles. The van der Waals surface area contributed by atoms with Crippen molar-refractivity contribution in [2.75, 3.05) is 12.3 Å². The van der Waals surface area contributed by atoms with Gasteiger partial charge in [0.25, 0.3) is 0 Å². The number of sulfone groups is 1. The Morgan fingerprint density at radius 1 is 1.13 bits per heavy atom. The summed E-state index contributed by atoms with van der Waals surface area (Å²) in [5.74, 6) is -1.39. The third kappa shape index (κ3) is 9.26. The van der Waals surface area contributed by atoms with Crippen molar-refractivity contribution in [3.8, 4) is 0 Å². The fourth-order valence-electron chi connectivity index (χ4n) is 3.98. The van der Waals surface area contributed by atoms with Gasteiger partial charge >= 0.3 is 5.97 Å². The molecule has 1 aliphatic rings. The monoisotopic (exact) mass is 438 g/mol. The summed E-state index contributed by atoms with van der Waals surface area (Å²) in [6.07, 6.45) is 7.52. The molecule has 1 unspecified atom stereocenters. The van der Waals surface area contributed by atoms with Crippen LogP contribution in [0, 0.1) is 5.92 Å². The average molecular weight is 439 g/mol. The predicted molar refractivity (Wildman–Crippen MR) is 117 cm³/mol. The van der Waals surface area contributed by atoms with E-state index in [9.17, 15) is 18.0 Å². The summed E-state index contributed by atoms with van der Waals surface area (Å²) in [6, 6.07) is 7.84. The standard InChI is InChI=1S/C22H34N2O5S/c1-17(13-18-7-3-2-4-8-18)23-14-19-9-5-6-10-20(19)16-30(28,29)12-11-21(25)24-15-22(26)27/h5-6,9-10,17-18,23H,2-4,7-8,11-16H2,1H3,(H,24,25)(H,26,27). The van der Waals surface area contributed by atoms with Gasteiger partial charge in [0.05, 0.1) is 11.5 Å². The highest BCUT2D eigenvalue weighted by Crippen LogP contribution is 2.27. The Bertz CT molecular complexity index is 804. The van der Waals surface area contributed by atoms with Crippen molar-refractivity contribution in [2.45, 2.75) is 70.2 Å². The number of benzene rings is 1. The van der Waals surface area contributed by atoms with E-state index in [1.807, 2.05) is 24.3 Å². The highest BCUT2D eigenvalue weighted by atomic mass is 32.2. The number of nitrogens with one attached hydrogen (secondary N) is 2. The number of aliphatic carboxylic acids is 1. The lowest BCUT2D eigenvalue weighted by molar-refractivity contribution is -0.137. The minimum atomic E-state index is -3.49. The molecule has 0 radical (unpaired) electrons. The third-order valence-corrected chi connectivity index (χ3v) is 7.20. The summed E-state index contributed by atoms with van der Waals surface area (Å²) in [6.45, 7) is 2.29. The zero-order valence-electron chi connectivity index (χ0n) is 17.7. The average Bonchev–Trinajstić information content (AvgIpc) is 2.70. The van der Waals surface area contributed by atoms with Crippen LogP contribution in [0.25, 0.3) is 0 Å². The highest BCUT2D eigenvalue weighted by Gasteiger charge is 2.19. The van der Waals surface area contributed by atoms with Crippen molar-refractivity contribution in [3.05, 3.63) is 35.4 Å². The number of carbonyl (C=O) groups is 2. The Hall–Kier alpha value is -1.93. The van der Waals surface area contributed by atoms with Gasteiger partial charge in [0, 0.05) is 19.0 Å². The van der Waals surface area contributed by atoms with E-state index in [0.29, 0.717) is 12.6 Å². The van der Waals surface area contributed by atoms with Crippen LogP contribution in [0.3, 0.4) is 0 Å². The van der Waals surface area contributed by atoms with Gasteiger partial charge in [-0.25, -0.2) is 8.42 Å². The molecular formula is C22H34N2O5S. The molecule has 0 spiro atoms. The Balaban J connectivity index is 1.85. The Labute approximate surface area is 179 Å². The van der Waals surface area contributed by atoms with Crippen LogP contribution in [0.2, 0.25) is 0 Å². The molecule has 3 N–H and O–H groups in total. The van der Waals surface area contributed by atoms with E-state index < -0.39 is 28.3 Å². The van der Waals surface area contributed by atoms with E-state index in [2.05, 4.69) is 17.6 Å². The number of rotatable bonds is 12. The quantitative estimate of drug-likeness (QED) is 0.462. The van der Waals surface area contributed by atoms with Crippen molar-refractivity contribution >= 4 is 21.7 Å². The van der Waals surface area contributed by atoms with Gasteiger partial charge in [-0.3, -0.25) is 9.59 Å². The van der Waals surface area contributed by atoms with Crippen LogP contribution in [0.1, 0.15) is 63.0 Å². The second-order valence-corrected chi connectivity index (χ2v) is 10.5. The molecule has 1 amide bonds. The first-order valence-electron chi connectivity index (χ1n) is 10.7. The van der Waals surface area contributed by atoms with Gasteiger partial charge in [-0.15, -0.1) is 0 Å². The van der Waals surface area contributed by atoms with Crippen LogP contribution >= 0.6 is 0 Å². The Morgan fingerprint density at radius 2 is 1.80 bits per heavy atom. The molecule has 0 saturated heterocycles. The minimum absolute atomic E-state index is 0.131. The maximum atomic E-state index is 12.5. The molecule has 30 heavy (non-hydrogen) atoms. The molecule has 1 aliphatic carbocycles. The van der Waals surface area contributed by atoms with Gasteiger partial charge in [-0.05, 0) is 30.4 Å². The van der Waals surface area contributed by atoms with Gasteiger partial charge in [0.15, 0.2) is 9.84 Å². The van der Waals surface area contributed by atoms with E-state index in [4.69, 9.17) is 5.11 Å². The summed E-state index contributed by atoms with van der Waals surface area (Å²) in [4.78, 5) is 22.1. The van der Waals surface area contributed by atoms with Gasteiger partial charge in [-0.2, -0.15) is 0 Å². The summed E-state index contributed by atoms with van der Waals surface area (Å²) < 4.78 is 25.0. The van der Waals surface area contributed by atoms with E-state index in [1.54, 1.807) is 0 Å². The topological polar surface area (TPSA) is 113 Å². The molecule has 8 heteroatoms. The summed E-state index contributed by atoms with van der Waals surface area (Å²) in [5, 5.41) is 14.3. The molecule has 0 aliphatic heterocycles. The lowest BCUT2D eigenvalue weighted by Gasteiger charge is -2.25. The Morgan fingerprint density at radius 3 is 2.47 bits per heavy atom. The van der Waals surface area contributed by atoms with Crippen molar-refractivity contribution in [1.29, 1.82) is 0 Å². The van der Waals surface area contributed by atoms with Crippen LogP contribution in [0.5, 0.6) is 0 Å². The van der Waals surface area contributed by atoms with Crippen molar-refractivity contribution in [2.24, 2.45) is 5.92 Å².